The van der Waals surface area contributed by atoms with Crippen molar-refractivity contribution in [2.24, 2.45) is 29.1 Å². The van der Waals surface area contributed by atoms with E-state index < -0.39 is 0 Å². The molecule has 2 fully saturated rings. The Morgan fingerprint density at radius 1 is 1.57 bits per heavy atom. The normalized spacial score (nSPS) is 43.7. The Bertz CT molecular complexity index is 466. The molecule has 3 aliphatic carbocycles. The zero-order chi connectivity index (χ0) is 15.2. The van der Waals surface area contributed by atoms with Gasteiger partial charge in [-0.05, 0) is 94.3 Å². The molecule has 3 aliphatic rings. The summed E-state index contributed by atoms with van der Waals surface area (Å²) in [5.74, 6) is 1.53. The topological polar surface area (TPSA) is 40.5 Å². The Kier molecular flexibility index (Phi) is 4.55. The van der Waals surface area contributed by atoms with Gasteiger partial charge in [-0.1, -0.05) is 24.6 Å². The van der Waals surface area contributed by atoms with Crippen molar-refractivity contribution in [2.75, 3.05) is 6.61 Å². The molecule has 0 spiro atoms. The monoisotopic (exact) mass is 402 g/mol. The molecular formula is C18H27IO2. The van der Waals surface area contributed by atoms with Gasteiger partial charge in [0.1, 0.15) is 0 Å². The Morgan fingerprint density at radius 2 is 2.33 bits per heavy atom. The Hall–Kier alpha value is 0.130. The highest BCUT2D eigenvalue weighted by Gasteiger charge is 2.67. The van der Waals surface area contributed by atoms with Crippen molar-refractivity contribution in [1.29, 1.82) is 0 Å². The van der Waals surface area contributed by atoms with E-state index in [1.54, 1.807) is 5.57 Å². The molecule has 0 aromatic carbocycles. The van der Waals surface area contributed by atoms with E-state index in [1.165, 1.54) is 16.4 Å². The van der Waals surface area contributed by atoms with E-state index >= 15 is 0 Å². The maximum atomic E-state index is 11.0. The van der Waals surface area contributed by atoms with Gasteiger partial charge in [-0.15, -0.1) is 0 Å². The van der Waals surface area contributed by atoms with Crippen LogP contribution in [0.4, 0.5) is 0 Å². The van der Waals surface area contributed by atoms with E-state index in [0.29, 0.717) is 17.3 Å². The molecule has 0 unspecified atom stereocenters. The molecule has 6 atom stereocenters. The van der Waals surface area contributed by atoms with Gasteiger partial charge in [-0.2, -0.15) is 0 Å². The van der Waals surface area contributed by atoms with Gasteiger partial charge in [-0.25, -0.2) is 0 Å². The van der Waals surface area contributed by atoms with Crippen LogP contribution in [-0.2, 0) is 0 Å². The van der Waals surface area contributed by atoms with E-state index in [2.05, 4.69) is 48.6 Å². The van der Waals surface area contributed by atoms with Crippen molar-refractivity contribution >= 4 is 22.6 Å². The van der Waals surface area contributed by atoms with Crippen molar-refractivity contribution in [3.63, 3.8) is 0 Å². The van der Waals surface area contributed by atoms with Crippen LogP contribution in [0.1, 0.15) is 46.0 Å². The second-order valence-corrected chi connectivity index (χ2v) is 9.19. The number of allylic oxidation sites excluding steroid dienone is 4. The molecule has 0 radical (unpaired) electrons. The Labute approximate surface area is 141 Å². The summed E-state index contributed by atoms with van der Waals surface area (Å²) < 4.78 is 1.27. The van der Waals surface area contributed by atoms with Crippen LogP contribution in [0.15, 0.2) is 21.3 Å². The van der Waals surface area contributed by atoms with Crippen LogP contribution >= 0.6 is 22.6 Å². The minimum atomic E-state index is -0.232. The maximum absolute atomic E-state index is 11.0. The van der Waals surface area contributed by atoms with Gasteiger partial charge in [0.25, 0.3) is 0 Å². The molecule has 0 amide bonds. The van der Waals surface area contributed by atoms with Gasteiger partial charge in [-0.3, -0.25) is 0 Å². The van der Waals surface area contributed by atoms with E-state index in [-0.39, 0.29) is 24.5 Å². The molecular weight excluding hydrogens is 375 g/mol. The number of hydrogen-bond acceptors (Lipinski definition) is 2. The third kappa shape index (κ3) is 2.74. The molecule has 0 bridgehead atoms. The lowest BCUT2D eigenvalue weighted by Crippen LogP contribution is -2.32. The van der Waals surface area contributed by atoms with Crippen LogP contribution in [0.25, 0.3) is 0 Å². The number of aliphatic hydroxyl groups is 2. The Morgan fingerprint density at radius 3 is 3.00 bits per heavy atom. The van der Waals surface area contributed by atoms with Crippen LogP contribution < -0.4 is 0 Å². The van der Waals surface area contributed by atoms with Gasteiger partial charge in [0, 0.05) is 6.61 Å². The molecule has 0 aromatic rings. The van der Waals surface area contributed by atoms with Crippen LogP contribution in [-0.4, -0.2) is 22.9 Å². The van der Waals surface area contributed by atoms with Crippen LogP contribution in [0.2, 0.25) is 0 Å². The quantitative estimate of drug-likeness (QED) is 0.550. The third-order valence-corrected chi connectivity index (χ3v) is 6.77. The first-order valence-electron chi connectivity index (χ1n) is 8.29. The molecule has 2 nitrogen and oxygen atoms in total. The van der Waals surface area contributed by atoms with Crippen molar-refractivity contribution in [2.45, 2.75) is 52.1 Å². The molecule has 2 saturated carbocycles. The summed E-state index contributed by atoms with van der Waals surface area (Å²) in [6.45, 7) is 4.64. The molecule has 3 rings (SSSR count). The molecule has 2 N–H and O–H groups in total. The minimum Gasteiger partial charge on any atom is -0.396 e. The molecule has 3 heteroatoms. The van der Waals surface area contributed by atoms with Gasteiger partial charge in [0.2, 0.25) is 0 Å². The van der Waals surface area contributed by atoms with Crippen LogP contribution in [0.5, 0.6) is 0 Å². The highest BCUT2D eigenvalue weighted by atomic mass is 127. The molecule has 0 heterocycles. The van der Waals surface area contributed by atoms with Crippen molar-refractivity contribution in [3.05, 3.63) is 21.3 Å². The lowest BCUT2D eigenvalue weighted by molar-refractivity contribution is 0.0220. The second kappa shape index (κ2) is 5.97. The summed E-state index contributed by atoms with van der Waals surface area (Å²) in [6, 6.07) is 0. The summed E-state index contributed by atoms with van der Waals surface area (Å²) in [5, 5.41) is 20.8. The minimum absolute atomic E-state index is 0.190. The van der Waals surface area contributed by atoms with E-state index in [0.717, 1.165) is 19.3 Å². The molecule has 118 valence electrons. The van der Waals surface area contributed by atoms with Gasteiger partial charge >= 0.3 is 0 Å². The summed E-state index contributed by atoms with van der Waals surface area (Å²) >= 11 is 2.32. The van der Waals surface area contributed by atoms with E-state index in [9.17, 15) is 10.2 Å². The third-order valence-electron chi connectivity index (χ3n) is 6.33. The van der Waals surface area contributed by atoms with Crippen molar-refractivity contribution in [3.8, 4) is 0 Å². The predicted octanol–water partition coefficient (Wildman–Crippen LogP) is 4.07. The number of halogens is 1. The highest BCUT2D eigenvalue weighted by molar-refractivity contribution is 14.1. The van der Waals surface area contributed by atoms with Crippen molar-refractivity contribution in [1.82, 2.24) is 0 Å². The number of rotatable bonds is 4. The molecule has 0 aliphatic heterocycles. The fraction of sp³-hybridized carbons (Fsp3) is 0.778. The maximum Gasteiger partial charge on any atom is 0.0611 e. The number of aliphatic hydroxyl groups excluding tert-OH is 2. The van der Waals surface area contributed by atoms with Crippen LogP contribution in [0, 0.1) is 29.1 Å². The summed E-state index contributed by atoms with van der Waals surface area (Å²) in [6.07, 6.45) is 9.87. The molecule has 21 heavy (non-hydrogen) atoms. The van der Waals surface area contributed by atoms with Gasteiger partial charge in [0.05, 0.1) is 6.10 Å². The average Bonchev–Trinajstić information content (AvgIpc) is 3.10. The summed E-state index contributed by atoms with van der Waals surface area (Å²) in [7, 11) is 0. The fourth-order valence-corrected chi connectivity index (χ4v) is 5.35. The zero-order valence-corrected chi connectivity index (χ0v) is 15.2. The first-order chi connectivity index (χ1) is 9.99. The average molecular weight is 402 g/mol. The first kappa shape index (κ1) is 16.0. The SMILES string of the molecule is C/C(I)=C/C[C@H](CO)[C@H]1CCC2=CCC[C@]3(C)[C@H]([C@@H]1O)[C@H]23. The molecule has 0 aromatic heterocycles. The predicted molar refractivity (Wildman–Crippen MR) is 94.1 cm³/mol. The summed E-state index contributed by atoms with van der Waals surface area (Å²) in [4.78, 5) is 0. The number of fused-ring (bicyclic) bond motifs is 1. The second-order valence-electron chi connectivity index (χ2n) is 7.49. The first-order valence-corrected chi connectivity index (χ1v) is 9.37. The van der Waals surface area contributed by atoms with Crippen molar-refractivity contribution < 1.29 is 10.2 Å². The standard InChI is InChI=1S/C18H27IO2/c1-11(19)5-6-13(10-20)14-8-7-12-4-3-9-18(2)15(12)16(18)17(14)21/h4-5,13-17,20-21H,3,6-10H2,1-2H3/b11-5-/t13-,14-,15+,16+,17-,18+/m1/s1. The fourth-order valence-electron chi connectivity index (χ4n) is 5.10. The van der Waals surface area contributed by atoms with Gasteiger partial charge < -0.3 is 10.2 Å². The smallest absolute Gasteiger partial charge is 0.0611 e. The lowest BCUT2D eigenvalue weighted by atomic mass is 9.77. The summed E-state index contributed by atoms with van der Waals surface area (Å²) in [5.41, 5.74) is 1.95. The van der Waals surface area contributed by atoms with Crippen LogP contribution in [0.3, 0.4) is 0 Å². The van der Waals surface area contributed by atoms with E-state index in [4.69, 9.17) is 0 Å². The number of hydrogen-bond donors (Lipinski definition) is 2. The highest BCUT2D eigenvalue weighted by Crippen LogP contribution is 2.70. The van der Waals surface area contributed by atoms with Gasteiger partial charge in [0.15, 0.2) is 0 Å². The lowest BCUT2D eigenvalue weighted by Gasteiger charge is -2.31. The largest absolute Gasteiger partial charge is 0.396 e. The van der Waals surface area contributed by atoms with E-state index in [1.807, 2.05) is 0 Å². The molecule has 0 saturated heterocycles. The Balaban J connectivity index is 1.79. The zero-order valence-electron chi connectivity index (χ0n) is 13.1.